The smallest absolute Gasteiger partial charge is 0.326 e. The van der Waals surface area contributed by atoms with Crippen LogP contribution in [0.3, 0.4) is 0 Å². The molecule has 42 heavy (non-hydrogen) atoms. The van der Waals surface area contributed by atoms with Crippen molar-refractivity contribution in [2.24, 2.45) is 22.2 Å². The highest BCUT2D eigenvalue weighted by Gasteiger charge is 2.31. The van der Waals surface area contributed by atoms with E-state index < -0.39 is 60.2 Å². The number of nitrogens with two attached hydrogens (primary N) is 3. The number of nitrogens with one attached hydrogen (secondary N) is 4. The van der Waals surface area contributed by atoms with Gasteiger partial charge in [0.15, 0.2) is 5.96 Å². The number of benzene rings is 1. The zero-order valence-electron chi connectivity index (χ0n) is 22.5. The van der Waals surface area contributed by atoms with E-state index >= 15 is 0 Å². The highest BCUT2D eigenvalue weighted by molar-refractivity contribution is 5.95. The molecule has 0 saturated carbocycles. The van der Waals surface area contributed by atoms with Crippen molar-refractivity contribution in [3.8, 4) is 5.75 Å². The summed E-state index contributed by atoms with van der Waals surface area (Å²) in [5, 5.41) is 35.4. The van der Waals surface area contributed by atoms with E-state index in [1.807, 2.05) is 0 Å². The Morgan fingerprint density at radius 2 is 1.52 bits per heavy atom. The number of amides is 3. The van der Waals surface area contributed by atoms with Crippen LogP contribution in [0.5, 0.6) is 5.75 Å². The van der Waals surface area contributed by atoms with E-state index in [0.29, 0.717) is 11.3 Å². The van der Waals surface area contributed by atoms with Gasteiger partial charge >= 0.3 is 11.9 Å². The molecule has 0 aliphatic carbocycles. The SMILES string of the molecule is NC(N)=NCCCC(NC(=O)C(CC(=O)O)NC(=O)C(N)Cc1ccc(O)cc1)C(=O)NC(Cc1cnc[nH]1)C(=O)O. The maximum Gasteiger partial charge on any atom is 0.326 e. The zero-order chi connectivity index (χ0) is 31.2. The van der Waals surface area contributed by atoms with E-state index in [4.69, 9.17) is 17.2 Å². The standard InChI is InChI=1S/C25H35N9O8/c26-16(8-13-3-5-15(35)6-4-13)21(38)33-18(10-20(36)37)23(40)32-17(2-1-7-30-25(27)28)22(39)34-19(24(41)42)9-14-11-29-12-31-14/h3-6,11-12,16-19,35H,1-2,7-10,26H2,(H,29,31)(H,32,40)(H,33,38)(H,34,39)(H,36,37)(H,41,42)(H4,27,28,30). The van der Waals surface area contributed by atoms with Gasteiger partial charge in [0.2, 0.25) is 17.7 Å². The molecule has 4 unspecified atom stereocenters. The molecule has 1 aromatic heterocycles. The Balaban J connectivity index is 2.16. The minimum atomic E-state index is -1.62. The second kappa shape index (κ2) is 16.2. The number of carboxylic acids is 2. The van der Waals surface area contributed by atoms with Crippen molar-refractivity contribution >= 4 is 35.6 Å². The molecule has 2 rings (SSSR count). The number of aliphatic imine (C=N–C) groups is 1. The number of imidazole rings is 1. The number of carboxylic acid groups (broad SMARTS) is 2. The number of hydrogen-bond donors (Lipinski definition) is 10. The fraction of sp³-hybridized carbons (Fsp3) is 0.400. The third-order valence-corrected chi connectivity index (χ3v) is 5.91. The Labute approximate surface area is 240 Å². The maximum atomic E-state index is 13.1. The quantitative estimate of drug-likeness (QED) is 0.0512. The van der Waals surface area contributed by atoms with Crippen molar-refractivity contribution in [2.45, 2.75) is 56.3 Å². The third-order valence-electron chi connectivity index (χ3n) is 5.91. The third kappa shape index (κ3) is 11.5. The van der Waals surface area contributed by atoms with Crippen LogP contribution in [-0.4, -0.2) is 91.6 Å². The molecule has 228 valence electrons. The van der Waals surface area contributed by atoms with Gasteiger partial charge in [-0.1, -0.05) is 12.1 Å². The lowest BCUT2D eigenvalue weighted by Gasteiger charge is -2.24. The molecular weight excluding hydrogens is 554 g/mol. The second-order valence-electron chi connectivity index (χ2n) is 9.33. The predicted molar refractivity (Wildman–Crippen MR) is 148 cm³/mol. The largest absolute Gasteiger partial charge is 0.508 e. The predicted octanol–water partition coefficient (Wildman–Crippen LogP) is -2.70. The Bertz CT molecular complexity index is 1250. The van der Waals surface area contributed by atoms with Gasteiger partial charge in [0.1, 0.15) is 23.9 Å². The van der Waals surface area contributed by atoms with Gasteiger partial charge in [0.25, 0.3) is 0 Å². The average molecular weight is 590 g/mol. The molecule has 0 radical (unpaired) electrons. The molecule has 4 atom stereocenters. The van der Waals surface area contributed by atoms with Crippen molar-refractivity contribution < 1.29 is 39.3 Å². The van der Waals surface area contributed by atoms with Gasteiger partial charge in [-0.3, -0.25) is 24.2 Å². The van der Waals surface area contributed by atoms with Crippen molar-refractivity contribution in [3.63, 3.8) is 0 Å². The van der Waals surface area contributed by atoms with Gasteiger partial charge in [-0.25, -0.2) is 9.78 Å². The Morgan fingerprint density at radius 3 is 2.10 bits per heavy atom. The van der Waals surface area contributed by atoms with E-state index in [2.05, 4.69) is 30.9 Å². The lowest BCUT2D eigenvalue weighted by molar-refractivity contribution is -0.143. The van der Waals surface area contributed by atoms with Crippen LogP contribution in [0.1, 0.15) is 30.5 Å². The summed E-state index contributed by atoms with van der Waals surface area (Å²) < 4.78 is 0. The molecule has 0 aliphatic heterocycles. The van der Waals surface area contributed by atoms with E-state index in [0.717, 1.165) is 0 Å². The van der Waals surface area contributed by atoms with Crippen LogP contribution in [0.25, 0.3) is 0 Å². The van der Waals surface area contributed by atoms with E-state index in [1.165, 1.54) is 24.7 Å². The monoisotopic (exact) mass is 589 g/mol. The Kier molecular flexibility index (Phi) is 12.7. The van der Waals surface area contributed by atoms with E-state index in [1.54, 1.807) is 12.1 Å². The number of aromatic nitrogens is 2. The topological polar surface area (TPSA) is 301 Å². The van der Waals surface area contributed by atoms with E-state index in [-0.39, 0.29) is 43.9 Å². The van der Waals surface area contributed by atoms with Crippen LogP contribution in [0.15, 0.2) is 41.8 Å². The number of guanidine groups is 1. The number of aromatic amines is 1. The molecule has 17 nitrogen and oxygen atoms in total. The molecule has 13 N–H and O–H groups in total. The Morgan fingerprint density at radius 1 is 0.905 bits per heavy atom. The minimum absolute atomic E-state index is 0.0165. The first-order valence-electron chi connectivity index (χ1n) is 12.8. The summed E-state index contributed by atoms with van der Waals surface area (Å²) in [6, 6.07) is 0.395. The fourth-order valence-electron chi connectivity index (χ4n) is 3.77. The molecule has 0 aliphatic rings. The fourth-order valence-corrected chi connectivity index (χ4v) is 3.77. The highest BCUT2D eigenvalue weighted by atomic mass is 16.4. The summed E-state index contributed by atoms with van der Waals surface area (Å²) in [7, 11) is 0. The zero-order valence-corrected chi connectivity index (χ0v) is 22.5. The summed E-state index contributed by atoms with van der Waals surface area (Å²) in [5.41, 5.74) is 17.6. The van der Waals surface area contributed by atoms with Gasteiger partial charge in [-0.05, 0) is 37.0 Å². The van der Waals surface area contributed by atoms with Crippen molar-refractivity contribution in [2.75, 3.05) is 6.54 Å². The number of nitrogens with zero attached hydrogens (tertiary/aromatic N) is 2. The minimum Gasteiger partial charge on any atom is -0.508 e. The van der Waals surface area contributed by atoms with Crippen LogP contribution >= 0.6 is 0 Å². The molecule has 2 aromatic rings. The van der Waals surface area contributed by atoms with Gasteiger partial charge in [-0.15, -0.1) is 0 Å². The normalized spacial score (nSPS) is 13.5. The number of carbonyl (C=O) groups is 5. The number of aromatic hydroxyl groups is 1. The lowest BCUT2D eigenvalue weighted by atomic mass is 10.0. The molecule has 0 spiro atoms. The van der Waals surface area contributed by atoms with Gasteiger partial charge < -0.3 is 53.5 Å². The van der Waals surface area contributed by atoms with Crippen molar-refractivity contribution in [3.05, 3.63) is 48.0 Å². The first-order chi connectivity index (χ1) is 19.8. The molecule has 17 heteroatoms. The molecule has 1 heterocycles. The Hall–Kier alpha value is -5.19. The van der Waals surface area contributed by atoms with Crippen LogP contribution in [0.4, 0.5) is 0 Å². The average Bonchev–Trinajstić information content (AvgIpc) is 3.43. The van der Waals surface area contributed by atoms with Crippen LogP contribution in [0.2, 0.25) is 0 Å². The summed E-state index contributed by atoms with van der Waals surface area (Å²) in [6.07, 6.45) is 1.92. The van der Waals surface area contributed by atoms with Crippen LogP contribution < -0.4 is 33.2 Å². The van der Waals surface area contributed by atoms with Crippen molar-refractivity contribution in [1.29, 1.82) is 0 Å². The number of rotatable bonds is 17. The van der Waals surface area contributed by atoms with Crippen molar-refractivity contribution in [1.82, 2.24) is 25.9 Å². The summed E-state index contributed by atoms with van der Waals surface area (Å²) >= 11 is 0. The number of hydrogen-bond acceptors (Lipinski definition) is 9. The van der Waals surface area contributed by atoms with Gasteiger partial charge in [-0.2, -0.15) is 0 Å². The number of aliphatic carboxylic acids is 2. The maximum absolute atomic E-state index is 13.1. The second-order valence-corrected chi connectivity index (χ2v) is 9.33. The molecule has 0 fully saturated rings. The van der Waals surface area contributed by atoms with Gasteiger partial charge in [0, 0.05) is 24.9 Å². The first kappa shape index (κ1) is 33.0. The number of H-pyrrole nitrogens is 1. The lowest BCUT2D eigenvalue weighted by Crippen LogP contribution is -2.57. The molecule has 0 bridgehead atoms. The summed E-state index contributed by atoms with van der Waals surface area (Å²) in [4.78, 5) is 72.6. The molecule has 3 amide bonds. The summed E-state index contributed by atoms with van der Waals surface area (Å²) in [6.45, 7) is 0.0832. The number of phenolic OH excluding ortho intramolecular Hbond substituents is 1. The molecule has 1 aromatic carbocycles. The van der Waals surface area contributed by atoms with E-state index in [9.17, 15) is 39.3 Å². The first-order valence-corrected chi connectivity index (χ1v) is 12.8. The molecule has 0 saturated heterocycles. The van der Waals surface area contributed by atoms with Gasteiger partial charge in [0.05, 0.1) is 18.8 Å². The van der Waals surface area contributed by atoms with Crippen LogP contribution in [0, 0.1) is 0 Å². The number of carbonyl (C=O) groups excluding carboxylic acids is 3. The molecular formula is C25H35N9O8. The highest BCUT2D eigenvalue weighted by Crippen LogP contribution is 2.11. The summed E-state index contributed by atoms with van der Waals surface area (Å²) in [5.74, 6) is -5.65. The van der Waals surface area contributed by atoms with Crippen LogP contribution in [-0.2, 0) is 36.8 Å². The number of phenols is 1.